The van der Waals surface area contributed by atoms with Crippen LogP contribution in [0.15, 0.2) is 12.1 Å². The number of esters is 1. The minimum absolute atomic E-state index is 0.228. The molecule has 0 bridgehead atoms. The molecule has 0 atom stereocenters. The molecular weight excluding hydrogens is 236 g/mol. The van der Waals surface area contributed by atoms with E-state index in [-0.39, 0.29) is 5.56 Å². The summed E-state index contributed by atoms with van der Waals surface area (Å²) in [5.74, 6) is -2.26. The molecule has 1 rings (SSSR count). The molecule has 0 aromatic heterocycles. The van der Waals surface area contributed by atoms with Crippen LogP contribution in [0.2, 0.25) is 0 Å². The first-order chi connectivity index (χ1) is 8.01. The summed E-state index contributed by atoms with van der Waals surface area (Å²) in [5.41, 5.74) is -0.705. The largest absolute Gasteiger partial charge is 0.503 e. The van der Waals surface area contributed by atoms with E-state index < -0.39 is 29.6 Å². The summed E-state index contributed by atoms with van der Waals surface area (Å²) in [5, 5.41) is 18.2. The maximum Gasteiger partial charge on any atom is 0.387 e. The smallest absolute Gasteiger partial charge is 0.387 e. The zero-order valence-electron chi connectivity index (χ0n) is 8.61. The lowest BCUT2D eigenvalue weighted by atomic mass is 10.1. The molecule has 0 aliphatic heterocycles. The standard InChI is InChI=1S/C10H7F2NO4/c1-16-9(15)5-2-3-7(17-10(11)12)8(14)6(5)4-13/h2-3,10,14H,1H3. The quantitative estimate of drug-likeness (QED) is 0.816. The first kappa shape index (κ1) is 12.7. The van der Waals surface area contributed by atoms with E-state index in [1.54, 1.807) is 0 Å². The van der Waals surface area contributed by atoms with Gasteiger partial charge in [-0.2, -0.15) is 14.0 Å². The number of ether oxygens (including phenoxy) is 2. The van der Waals surface area contributed by atoms with Crippen LogP contribution in [0.3, 0.4) is 0 Å². The van der Waals surface area contributed by atoms with E-state index in [0.717, 1.165) is 19.2 Å². The number of nitriles is 1. The van der Waals surface area contributed by atoms with Gasteiger partial charge in [0.1, 0.15) is 11.6 Å². The first-order valence-corrected chi connectivity index (χ1v) is 4.30. The topological polar surface area (TPSA) is 79.6 Å². The van der Waals surface area contributed by atoms with Crippen molar-refractivity contribution < 1.29 is 28.2 Å². The predicted molar refractivity (Wildman–Crippen MR) is 50.8 cm³/mol. The van der Waals surface area contributed by atoms with Crippen molar-refractivity contribution in [3.8, 4) is 17.6 Å². The fraction of sp³-hybridized carbons (Fsp3) is 0.200. The van der Waals surface area contributed by atoms with Gasteiger partial charge in [-0.3, -0.25) is 0 Å². The number of benzene rings is 1. The Kier molecular flexibility index (Phi) is 3.82. The Morgan fingerprint density at radius 1 is 1.53 bits per heavy atom. The summed E-state index contributed by atoms with van der Waals surface area (Å²) in [6.07, 6.45) is 0. The molecular formula is C10H7F2NO4. The third-order valence-electron chi connectivity index (χ3n) is 1.87. The Morgan fingerprint density at radius 2 is 2.18 bits per heavy atom. The lowest BCUT2D eigenvalue weighted by Gasteiger charge is -2.09. The van der Waals surface area contributed by atoms with Gasteiger partial charge in [-0.1, -0.05) is 0 Å². The molecule has 1 aromatic rings. The molecule has 17 heavy (non-hydrogen) atoms. The van der Waals surface area contributed by atoms with Crippen molar-refractivity contribution in [3.63, 3.8) is 0 Å². The maximum absolute atomic E-state index is 12.0. The molecule has 0 heterocycles. The lowest BCUT2D eigenvalue weighted by Crippen LogP contribution is -2.07. The summed E-state index contributed by atoms with van der Waals surface area (Å²) in [4.78, 5) is 11.2. The van der Waals surface area contributed by atoms with Crippen LogP contribution in [0.1, 0.15) is 15.9 Å². The van der Waals surface area contributed by atoms with Crippen molar-refractivity contribution in [2.75, 3.05) is 7.11 Å². The van der Waals surface area contributed by atoms with Crippen molar-refractivity contribution in [3.05, 3.63) is 23.3 Å². The van der Waals surface area contributed by atoms with E-state index in [4.69, 9.17) is 5.26 Å². The number of alkyl halides is 2. The summed E-state index contributed by atoms with van der Waals surface area (Å²) >= 11 is 0. The zero-order chi connectivity index (χ0) is 13.0. The number of carbonyl (C=O) groups is 1. The molecule has 0 fully saturated rings. The van der Waals surface area contributed by atoms with Gasteiger partial charge in [0.15, 0.2) is 11.5 Å². The summed E-state index contributed by atoms with van der Waals surface area (Å²) in [7, 11) is 1.09. The maximum atomic E-state index is 12.0. The minimum atomic E-state index is -3.14. The Morgan fingerprint density at radius 3 is 2.65 bits per heavy atom. The number of carbonyl (C=O) groups excluding carboxylic acids is 1. The van der Waals surface area contributed by atoms with E-state index in [1.807, 2.05) is 0 Å². The predicted octanol–water partition coefficient (Wildman–Crippen LogP) is 1.65. The molecule has 1 N–H and O–H groups in total. The number of hydrogen-bond acceptors (Lipinski definition) is 5. The van der Waals surface area contributed by atoms with Gasteiger partial charge in [-0.05, 0) is 12.1 Å². The van der Waals surface area contributed by atoms with Gasteiger partial charge < -0.3 is 14.6 Å². The lowest BCUT2D eigenvalue weighted by molar-refractivity contribution is -0.0512. The highest BCUT2D eigenvalue weighted by atomic mass is 19.3. The number of nitrogens with zero attached hydrogens (tertiary/aromatic N) is 1. The second-order valence-electron chi connectivity index (χ2n) is 2.82. The fourth-order valence-corrected chi connectivity index (χ4v) is 1.16. The number of phenolic OH excluding ortho intramolecular Hbond substituents is 1. The highest BCUT2D eigenvalue weighted by Gasteiger charge is 2.20. The number of phenols is 1. The van der Waals surface area contributed by atoms with E-state index in [0.29, 0.717) is 0 Å². The minimum Gasteiger partial charge on any atom is -0.503 e. The number of rotatable bonds is 3. The van der Waals surface area contributed by atoms with Crippen LogP contribution in [-0.4, -0.2) is 24.8 Å². The van der Waals surface area contributed by atoms with E-state index >= 15 is 0 Å². The van der Waals surface area contributed by atoms with Gasteiger partial charge in [0.25, 0.3) is 0 Å². The Labute approximate surface area is 94.8 Å². The van der Waals surface area contributed by atoms with Gasteiger partial charge in [-0.25, -0.2) is 4.79 Å². The van der Waals surface area contributed by atoms with Crippen molar-refractivity contribution in [2.45, 2.75) is 6.61 Å². The number of halogens is 2. The van der Waals surface area contributed by atoms with Crippen LogP contribution in [0, 0.1) is 11.3 Å². The molecule has 0 saturated carbocycles. The Bertz CT molecular complexity index is 482. The molecule has 0 aliphatic carbocycles. The average Bonchev–Trinajstić information content (AvgIpc) is 2.30. The van der Waals surface area contributed by atoms with Crippen molar-refractivity contribution in [1.29, 1.82) is 5.26 Å². The normalized spacial score (nSPS) is 9.82. The molecule has 1 aromatic carbocycles. The molecule has 0 amide bonds. The van der Waals surface area contributed by atoms with Crippen molar-refractivity contribution in [1.82, 2.24) is 0 Å². The summed E-state index contributed by atoms with van der Waals surface area (Å²) < 4.78 is 32.2. The Hall–Kier alpha value is -2.36. The van der Waals surface area contributed by atoms with Crippen LogP contribution in [0.4, 0.5) is 8.78 Å². The van der Waals surface area contributed by atoms with E-state index in [9.17, 15) is 18.7 Å². The van der Waals surface area contributed by atoms with Gasteiger partial charge in [0.2, 0.25) is 0 Å². The molecule has 0 spiro atoms. The Balaban J connectivity index is 3.28. The van der Waals surface area contributed by atoms with Crippen LogP contribution >= 0.6 is 0 Å². The first-order valence-electron chi connectivity index (χ1n) is 4.30. The second kappa shape index (κ2) is 5.12. The highest BCUT2D eigenvalue weighted by Crippen LogP contribution is 2.33. The molecule has 0 radical (unpaired) electrons. The molecule has 0 unspecified atom stereocenters. The summed E-state index contributed by atoms with van der Waals surface area (Å²) in [6, 6.07) is 3.53. The van der Waals surface area contributed by atoms with Crippen molar-refractivity contribution in [2.24, 2.45) is 0 Å². The summed E-state index contributed by atoms with van der Waals surface area (Å²) in [6.45, 7) is -3.14. The van der Waals surface area contributed by atoms with Gasteiger partial charge >= 0.3 is 12.6 Å². The third-order valence-corrected chi connectivity index (χ3v) is 1.87. The monoisotopic (exact) mass is 243 g/mol. The van der Waals surface area contributed by atoms with Crippen LogP contribution in [0.5, 0.6) is 11.5 Å². The molecule has 7 heteroatoms. The highest BCUT2D eigenvalue weighted by molar-refractivity contribution is 5.93. The van der Waals surface area contributed by atoms with Crippen LogP contribution in [-0.2, 0) is 4.74 Å². The number of methoxy groups -OCH3 is 1. The van der Waals surface area contributed by atoms with E-state index in [2.05, 4.69) is 9.47 Å². The van der Waals surface area contributed by atoms with E-state index in [1.165, 1.54) is 6.07 Å². The van der Waals surface area contributed by atoms with Crippen LogP contribution < -0.4 is 4.74 Å². The van der Waals surface area contributed by atoms with Gasteiger partial charge in [0.05, 0.1) is 12.7 Å². The third kappa shape index (κ3) is 2.60. The van der Waals surface area contributed by atoms with Crippen LogP contribution in [0.25, 0.3) is 0 Å². The van der Waals surface area contributed by atoms with Gasteiger partial charge in [-0.15, -0.1) is 0 Å². The molecule has 5 nitrogen and oxygen atoms in total. The van der Waals surface area contributed by atoms with Gasteiger partial charge in [0, 0.05) is 0 Å². The van der Waals surface area contributed by atoms with Crippen molar-refractivity contribution >= 4 is 5.97 Å². The zero-order valence-corrected chi connectivity index (χ0v) is 8.61. The number of hydrogen-bond donors (Lipinski definition) is 1. The number of aromatic hydroxyl groups is 1. The molecule has 90 valence electrons. The molecule has 0 saturated heterocycles. The molecule has 0 aliphatic rings. The second-order valence-corrected chi connectivity index (χ2v) is 2.82. The fourth-order valence-electron chi connectivity index (χ4n) is 1.16. The SMILES string of the molecule is COC(=O)c1ccc(OC(F)F)c(O)c1C#N. The average molecular weight is 243 g/mol.